The Hall–Kier alpha value is -1.07. The van der Waals surface area contributed by atoms with E-state index in [9.17, 15) is 20.1 Å². The summed E-state index contributed by atoms with van der Waals surface area (Å²) in [5.74, 6) is -0.425. The molecule has 0 aromatic rings. The summed E-state index contributed by atoms with van der Waals surface area (Å²) in [5, 5.41) is 34.7. The van der Waals surface area contributed by atoms with E-state index in [0.29, 0.717) is 0 Å². The second-order valence-electron chi connectivity index (χ2n) is 9.97. The van der Waals surface area contributed by atoms with Gasteiger partial charge in [-0.05, 0) is 40.7 Å². The Labute approximate surface area is 178 Å². The molecule has 2 aliphatic heterocycles. The first-order chi connectivity index (χ1) is 13.6. The average Bonchev–Trinajstić information content (AvgIpc) is 2.77. The van der Waals surface area contributed by atoms with Crippen molar-refractivity contribution >= 4 is 5.91 Å². The molecular formula is C21H37NO8. The number of aliphatic hydroxyl groups excluding tert-OH is 3. The molecule has 9 heteroatoms. The van der Waals surface area contributed by atoms with Crippen molar-refractivity contribution in [1.29, 1.82) is 0 Å². The van der Waals surface area contributed by atoms with Gasteiger partial charge in [0.25, 0.3) is 0 Å². The monoisotopic (exact) mass is 431 g/mol. The van der Waals surface area contributed by atoms with E-state index in [0.717, 1.165) is 6.08 Å². The number of rotatable bonds is 6. The molecule has 1 amide bonds. The molecule has 0 saturated carbocycles. The van der Waals surface area contributed by atoms with Crippen LogP contribution in [0, 0.1) is 5.41 Å². The average molecular weight is 432 g/mol. The third-order valence-electron chi connectivity index (χ3n) is 6.02. The molecule has 0 aliphatic carbocycles. The predicted molar refractivity (Wildman–Crippen MR) is 108 cm³/mol. The van der Waals surface area contributed by atoms with Crippen molar-refractivity contribution in [2.45, 2.75) is 103 Å². The molecule has 2 aliphatic rings. The van der Waals surface area contributed by atoms with Crippen LogP contribution < -0.4 is 5.32 Å². The van der Waals surface area contributed by atoms with E-state index >= 15 is 0 Å². The highest BCUT2D eigenvalue weighted by molar-refractivity contribution is 5.86. The van der Waals surface area contributed by atoms with E-state index in [1.807, 2.05) is 27.7 Å². The predicted octanol–water partition coefficient (Wildman–Crippen LogP) is 0.458. The molecule has 174 valence electrons. The van der Waals surface area contributed by atoms with E-state index in [1.54, 1.807) is 20.8 Å². The summed E-state index contributed by atoms with van der Waals surface area (Å²) in [5.41, 5.74) is -1.96. The largest absolute Gasteiger partial charge is 0.387 e. The Balaban J connectivity index is 2.23. The van der Waals surface area contributed by atoms with E-state index in [1.165, 1.54) is 0 Å². The topological polar surface area (TPSA) is 127 Å². The molecule has 2 heterocycles. The van der Waals surface area contributed by atoms with Gasteiger partial charge in [-0.1, -0.05) is 20.4 Å². The number of aliphatic hydroxyl groups is 3. The van der Waals surface area contributed by atoms with Gasteiger partial charge in [0.05, 0.1) is 11.2 Å². The van der Waals surface area contributed by atoms with Gasteiger partial charge in [-0.2, -0.15) is 0 Å². The molecule has 30 heavy (non-hydrogen) atoms. The maximum atomic E-state index is 11.7. The summed E-state index contributed by atoms with van der Waals surface area (Å²) in [6, 6.07) is 0. The highest BCUT2D eigenvalue weighted by Crippen LogP contribution is 2.47. The first-order valence-electron chi connectivity index (χ1n) is 10.2. The van der Waals surface area contributed by atoms with Gasteiger partial charge in [-0.15, -0.1) is 0 Å². The van der Waals surface area contributed by atoms with E-state index in [2.05, 4.69) is 11.9 Å². The zero-order chi connectivity index (χ0) is 23.1. The Morgan fingerprint density at radius 2 is 1.73 bits per heavy atom. The summed E-state index contributed by atoms with van der Waals surface area (Å²) in [6.07, 6.45) is -6.82. The first-order valence-corrected chi connectivity index (χ1v) is 10.2. The fourth-order valence-corrected chi connectivity index (χ4v) is 3.42. The Morgan fingerprint density at radius 1 is 1.13 bits per heavy atom. The third kappa shape index (κ3) is 5.21. The molecule has 0 spiro atoms. The Bertz CT molecular complexity index is 629. The van der Waals surface area contributed by atoms with Crippen LogP contribution in [0.3, 0.4) is 0 Å². The smallest absolute Gasteiger partial charge is 0.243 e. The molecular weight excluding hydrogens is 394 g/mol. The normalized spacial score (nSPS) is 38.3. The van der Waals surface area contributed by atoms with Crippen molar-refractivity contribution in [3.63, 3.8) is 0 Å². The molecule has 7 atom stereocenters. The molecule has 0 bridgehead atoms. The zero-order valence-electron chi connectivity index (χ0n) is 18.9. The van der Waals surface area contributed by atoms with Gasteiger partial charge < -0.3 is 39.6 Å². The van der Waals surface area contributed by atoms with Crippen molar-refractivity contribution in [2.75, 3.05) is 6.54 Å². The second-order valence-corrected chi connectivity index (χ2v) is 9.97. The minimum Gasteiger partial charge on any atom is -0.387 e. The molecule has 7 unspecified atom stereocenters. The van der Waals surface area contributed by atoms with Crippen LogP contribution in [0.4, 0.5) is 0 Å². The number of carbonyl (C=O) groups excluding carboxylic acids is 1. The highest BCUT2D eigenvalue weighted by atomic mass is 16.7. The first kappa shape index (κ1) is 25.2. The van der Waals surface area contributed by atoms with Gasteiger partial charge in [-0.25, -0.2) is 0 Å². The van der Waals surface area contributed by atoms with Crippen LogP contribution in [-0.2, 0) is 23.7 Å². The van der Waals surface area contributed by atoms with E-state index in [-0.39, 0.29) is 6.54 Å². The molecule has 2 fully saturated rings. The molecule has 0 aromatic heterocycles. The lowest BCUT2D eigenvalue weighted by Gasteiger charge is -2.44. The summed E-state index contributed by atoms with van der Waals surface area (Å²) in [6.45, 7) is 16.2. The summed E-state index contributed by atoms with van der Waals surface area (Å²) in [4.78, 5) is 11.7. The summed E-state index contributed by atoms with van der Waals surface area (Å²) in [7, 11) is 0. The van der Waals surface area contributed by atoms with Gasteiger partial charge >= 0.3 is 0 Å². The number of hydrogen-bond acceptors (Lipinski definition) is 8. The van der Waals surface area contributed by atoms with Crippen molar-refractivity contribution in [1.82, 2.24) is 5.32 Å². The standard InChI is InChI=1S/C21H37NO8/c1-9-12(23)22-10-11-15(13(24)14(25)17(27-11)29-19(2,3)4)28-18-16(26)20(5,6)21(7,8)30-18/h9,11,13-18,24-26H,1,10H2,2-8H3,(H,22,23). The molecule has 0 radical (unpaired) electrons. The van der Waals surface area contributed by atoms with Gasteiger partial charge in [-0.3, -0.25) is 4.79 Å². The molecule has 9 nitrogen and oxygen atoms in total. The maximum Gasteiger partial charge on any atom is 0.243 e. The number of ether oxygens (including phenoxy) is 4. The molecule has 2 saturated heterocycles. The van der Waals surface area contributed by atoms with Crippen molar-refractivity contribution in [2.24, 2.45) is 5.41 Å². The van der Waals surface area contributed by atoms with Crippen molar-refractivity contribution in [3.8, 4) is 0 Å². The highest BCUT2D eigenvalue weighted by Gasteiger charge is 2.57. The fourth-order valence-electron chi connectivity index (χ4n) is 3.42. The SMILES string of the molecule is C=CC(=O)NCC1OC(OC(C)(C)C)C(O)C(O)C1OC1OC(C)(C)C(C)(C)C1O. The Kier molecular flexibility index (Phi) is 7.40. The van der Waals surface area contributed by atoms with Crippen LogP contribution in [0.25, 0.3) is 0 Å². The van der Waals surface area contributed by atoms with Crippen LogP contribution in [0.5, 0.6) is 0 Å². The van der Waals surface area contributed by atoms with Crippen LogP contribution in [0.2, 0.25) is 0 Å². The molecule has 2 rings (SSSR count). The number of nitrogens with one attached hydrogen (secondary N) is 1. The fraction of sp³-hybridized carbons (Fsp3) is 0.857. The molecule has 0 aromatic carbocycles. The minimum atomic E-state index is -1.40. The second kappa shape index (κ2) is 8.82. The van der Waals surface area contributed by atoms with E-state index in [4.69, 9.17) is 18.9 Å². The lowest BCUT2D eigenvalue weighted by atomic mass is 9.75. The van der Waals surface area contributed by atoms with Gasteiger partial charge in [0.1, 0.15) is 30.5 Å². The van der Waals surface area contributed by atoms with Crippen LogP contribution in [-0.4, -0.2) is 82.1 Å². The number of amides is 1. The van der Waals surface area contributed by atoms with Crippen LogP contribution >= 0.6 is 0 Å². The third-order valence-corrected chi connectivity index (χ3v) is 6.02. The van der Waals surface area contributed by atoms with Gasteiger partial charge in [0.15, 0.2) is 12.6 Å². The van der Waals surface area contributed by atoms with Crippen LogP contribution in [0.1, 0.15) is 48.5 Å². The summed E-state index contributed by atoms with van der Waals surface area (Å²) >= 11 is 0. The minimum absolute atomic E-state index is 0.0289. The van der Waals surface area contributed by atoms with Crippen LogP contribution in [0.15, 0.2) is 12.7 Å². The van der Waals surface area contributed by atoms with Gasteiger partial charge in [0, 0.05) is 12.0 Å². The maximum absolute atomic E-state index is 11.7. The quantitative estimate of drug-likeness (QED) is 0.447. The lowest BCUT2D eigenvalue weighted by Crippen LogP contribution is -2.63. The zero-order valence-corrected chi connectivity index (χ0v) is 18.9. The lowest BCUT2D eigenvalue weighted by molar-refractivity contribution is -0.340. The number of hydrogen-bond donors (Lipinski definition) is 4. The molecule has 4 N–H and O–H groups in total. The summed E-state index contributed by atoms with van der Waals surface area (Å²) < 4.78 is 23.4. The van der Waals surface area contributed by atoms with Crippen molar-refractivity contribution < 1.29 is 39.1 Å². The van der Waals surface area contributed by atoms with E-state index < -0.39 is 65.6 Å². The van der Waals surface area contributed by atoms with Crippen molar-refractivity contribution in [3.05, 3.63) is 12.7 Å². The Morgan fingerprint density at radius 3 is 2.20 bits per heavy atom. The van der Waals surface area contributed by atoms with Gasteiger partial charge in [0.2, 0.25) is 5.91 Å². The number of carbonyl (C=O) groups is 1.